The molecule has 1 aromatic carbocycles. The second-order valence-corrected chi connectivity index (χ2v) is 2.62. The summed E-state index contributed by atoms with van der Waals surface area (Å²) in [7, 11) is 0. The smallest absolute Gasteiger partial charge is 0.168 e. The van der Waals surface area contributed by atoms with Crippen molar-refractivity contribution in [1.82, 2.24) is 0 Å². The van der Waals surface area contributed by atoms with E-state index in [0.717, 1.165) is 18.6 Å². The quantitative estimate of drug-likeness (QED) is 0.526. The normalized spacial score (nSPS) is 16.4. The Kier molecular flexibility index (Phi) is 1.78. The van der Waals surface area contributed by atoms with E-state index in [-0.39, 0.29) is 0 Å². The molecule has 1 aromatic rings. The fraction of sp³-hybridized carbons (Fsp3) is 0.333. The SMILES string of the molecule is c1ccc2c(c1)CCCOO2. The van der Waals surface area contributed by atoms with Gasteiger partial charge in [0.1, 0.15) is 0 Å². The lowest BCUT2D eigenvalue weighted by atomic mass is 10.1. The summed E-state index contributed by atoms with van der Waals surface area (Å²) >= 11 is 0. The molecule has 0 N–H and O–H groups in total. The van der Waals surface area contributed by atoms with Crippen LogP contribution in [0.4, 0.5) is 0 Å². The lowest BCUT2D eigenvalue weighted by Crippen LogP contribution is -1.94. The molecule has 0 aromatic heterocycles. The van der Waals surface area contributed by atoms with Crippen LogP contribution in [-0.2, 0) is 11.3 Å². The zero-order valence-corrected chi connectivity index (χ0v) is 6.25. The van der Waals surface area contributed by atoms with Gasteiger partial charge in [-0.2, -0.15) is 4.89 Å². The van der Waals surface area contributed by atoms with Crippen molar-refractivity contribution >= 4 is 0 Å². The molecule has 0 amide bonds. The first kappa shape index (κ1) is 6.68. The van der Waals surface area contributed by atoms with Gasteiger partial charge in [0.15, 0.2) is 5.75 Å². The third kappa shape index (κ3) is 1.35. The lowest BCUT2D eigenvalue weighted by molar-refractivity contribution is -0.203. The van der Waals surface area contributed by atoms with Crippen LogP contribution >= 0.6 is 0 Å². The van der Waals surface area contributed by atoms with Crippen LogP contribution in [0.15, 0.2) is 24.3 Å². The zero-order chi connectivity index (χ0) is 7.52. The van der Waals surface area contributed by atoms with E-state index in [9.17, 15) is 0 Å². The maximum Gasteiger partial charge on any atom is 0.168 e. The first-order chi connectivity index (χ1) is 5.47. The molecule has 1 aliphatic rings. The summed E-state index contributed by atoms with van der Waals surface area (Å²) in [5, 5.41) is 0. The van der Waals surface area contributed by atoms with E-state index in [4.69, 9.17) is 9.78 Å². The van der Waals surface area contributed by atoms with E-state index in [1.807, 2.05) is 18.2 Å². The van der Waals surface area contributed by atoms with Crippen LogP contribution in [0.1, 0.15) is 12.0 Å². The first-order valence-electron chi connectivity index (χ1n) is 3.84. The second-order valence-electron chi connectivity index (χ2n) is 2.62. The van der Waals surface area contributed by atoms with Crippen LogP contribution in [-0.4, -0.2) is 6.61 Å². The van der Waals surface area contributed by atoms with Crippen LogP contribution < -0.4 is 4.89 Å². The standard InChI is InChI=1S/C9H10O2/c1-2-6-9-8(4-1)5-3-7-10-11-9/h1-2,4,6H,3,5,7H2. The third-order valence-corrected chi connectivity index (χ3v) is 1.80. The Hall–Kier alpha value is -1.02. The van der Waals surface area contributed by atoms with Crippen LogP contribution in [0.2, 0.25) is 0 Å². The Morgan fingerprint density at radius 3 is 3.09 bits per heavy atom. The summed E-state index contributed by atoms with van der Waals surface area (Å²) in [4.78, 5) is 9.97. The van der Waals surface area contributed by atoms with Gasteiger partial charge in [0.05, 0.1) is 6.61 Å². The van der Waals surface area contributed by atoms with Crippen molar-refractivity contribution in [1.29, 1.82) is 0 Å². The minimum atomic E-state index is 0.689. The van der Waals surface area contributed by atoms with E-state index < -0.39 is 0 Å². The van der Waals surface area contributed by atoms with Crippen LogP contribution in [0.3, 0.4) is 0 Å². The predicted octanol–water partition coefficient (Wildman–Crippen LogP) is 1.94. The van der Waals surface area contributed by atoms with Gasteiger partial charge in [0.25, 0.3) is 0 Å². The van der Waals surface area contributed by atoms with Gasteiger partial charge >= 0.3 is 0 Å². The summed E-state index contributed by atoms with van der Waals surface area (Å²) < 4.78 is 0. The summed E-state index contributed by atoms with van der Waals surface area (Å²) in [6.45, 7) is 0.689. The number of fused-ring (bicyclic) bond motifs is 1. The van der Waals surface area contributed by atoms with E-state index in [0.29, 0.717) is 6.61 Å². The fourth-order valence-corrected chi connectivity index (χ4v) is 1.22. The Morgan fingerprint density at radius 2 is 2.09 bits per heavy atom. The van der Waals surface area contributed by atoms with Crippen molar-refractivity contribution in [2.45, 2.75) is 12.8 Å². The Balaban J connectivity index is 2.33. The van der Waals surface area contributed by atoms with Gasteiger partial charge in [-0.05, 0) is 24.5 Å². The van der Waals surface area contributed by atoms with E-state index >= 15 is 0 Å². The van der Waals surface area contributed by atoms with Crippen LogP contribution in [0, 0.1) is 0 Å². The molecule has 0 saturated heterocycles. The average molecular weight is 150 g/mol. The lowest BCUT2D eigenvalue weighted by Gasteiger charge is -2.01. The van der Waals surface area contributed by atoms with Crippen molar-refractivity contribution in [3.63, 3.8) is 0 Å². The van der Waals surface area contributed by atoms with Gasteiger partial charge in [-0.25, -0.2) is 0 Å². The van der Waals surface area contributed by atoms with E-state index in [1.165, 1.54) is 5.56 Å². The molecule has 0 atom stereocenters. The Bertz CT molecular complexity index is 220. The van der Waals surface area contributed by atoms with Crippen LogP contribution in [0.25, 0.3) is 0 Å². The molecular weight excluding hydrogens is 140 g/mol. The summed E-state index contributed by atoms with van der Waals surface area (Å²) in [5.41, 5.74) is 1.24. The minimum Gasteiger partial charge on any atom is -0.337 e. The molecule has 11 heavy (non-hydrogen) atoms. The van der Waals surface area contributed by atoms with E-state index in [2.05, 4.69) is 6.07 Å². The monoisotopic (exact) mass is 150 g/mol. The summed E-state index contributed by atoms with van der Waals surface area (Å²) in [6, 6.07) is 7.98. The highest BCUT2D eigenvalue weighted by Crippen LogP contribution is 2.21. The van der Waals surface area contributed by atoms with Gasteiger partial charge in [-0.15, -0.1) is 0 Å². The summed E-state index contributed by atoms with van der Waals surface area (Å²) in [5.74, 6) is 0.866. The van der Waals surface area contributed by atoms with Gasteiger partial charge in [-0.3, -0.25) is 0 Å². The number of para-hydroxylation sites is 1. The molecule has 2 rings (SSSR count). The number of rotatable bonds is 0. The molecule has 0 radical (unpaired) electrons. The van der Waals surface area contributed by atoms with Crippen molar-refractivity contribution in [3.05, 3.63) is 29.8 Å². The van der Waals surface area contributed by atoms with Crippen LogP contribution in [0.5, 0.6) is 5.75 Å². The first-order valence-corrected chi connectivity index (χ1v) is 3.84. The molecule has 2 heteroatoms. The van der Waals surface area contributed by atoms with E-state index in [1.54, 1.807) is 0 Å². The molecule has 0 unspecified atom stereocenters. The minimum absolute atomic E-state index is 0.689. The van der Waals surface area contributed by atoms with Crippen molar-refractivity contribution in [2.75, 3.05) is 6.61 Å². The molecule has 0 aliphatic carbocycles. The highest BCUT2D eigenvalue weighted by atomic mass is 17.2. The molecular formula is C9H10O2. The topological polar surface area (TPSA) is 18.5 Å². The maximum absolute atomic E-state index is 5.05. The number of hydrogen-bond donors (Lipinski definition) is 0. The zero-order valence-electron chi connectivity index (χ0n) is 6.25. The molecule has 1 aliphatic heterocycles. The van der Waals surface area contributed by atoms with Crippen molar-refractivity contribution in [3.8, 4) is 5.75 Å². The van der Waals surface area contributed by atoms with Crippen molar-refractivity contribution < 1.29 is 9.78 Å². The molecule has 0 spiro atoms. The third-order valence-electron chi connectivity index (χ3n) is 1.80. The Morgan fingerprint density at radius 1 is 1.18 bits per heavy atom. The number of benzene rings is 1. The fourth-order valence-electron chi connectivity index (χ4n) is 1.22. The highest BCUT2D eigenvalue weighted by Gasteiger charge is 2.07. The average Bonchev–Trinajstić information content (AvgIpc) is 2.28. The highest BCUT2D eigenvalue weighted by molar-refractivity contribution is 5.33. The Labute approximate surface area is 65.7 Å². The molecule has 2 nitrogen and oxygen atoms in total. The van der Waals surface area contributed by atoms with Gasteiger partial charge in [-0.1, -0.05) is 18.2 Å². The summed E-state index contributed by atoms with van der Waals surface area (Å²) in [6.07, 6.45) is 2.09. The number of aryl methyl sites for hydroxylation is 1. The molecule has 0 saturated carbocycles. The largest absolute Gasteiger partial charge is 0.337 e. The van der Waals surface area contributed by atoms with Gasteiger partial charge in [0.2, 0.25) is 0 Å². The predicted molar refractivity (Wildman–Crippen MR) is 41.3 cm³/mol. The second kappa shape index (κ2) is 2.93. The molecule has 0 fully saturated rings. The van der Waals surface area contributed by atoms with Gasteiger partial charge < -0.3 is 4.89 Å². The van der Waals surface area contributed by atoms with Gasteiger partial charge in [0, 0.05) is 0 Å². The molecule has 58 valence electrons. The number of hydrogen-bond acceptors (Lipinski definition) is 2. The van der Waals surface area contributed by atoms with Crippen molar-refractivity contribution in [2.24, 2.45) is 0 Å². The maximum atomic E-state index is 5.05. The molecule has 1 heterocycles. The molecule has 0 bridgehead atoms.